The molecule has 0 radical (unpaired) electrons. The van der Waals surface area contributed by atoms with Gasteiger partial charge in [-0.1, -0.05) is 12.3 Å². The van der Waals surface area contributed by atoms with Crippen molar-refractivity contribution in [2.24, 2.45) is 5.73 Å². The van der Waals surface area contributed by atoms with Crippen molar-refractivity contribution in [2.45, 2.75) is 38.2 Å². The summed E-state index contributed by atoms with van der Waals surface area (Å²) in [6, 6.07) is 0. The highest BCUT2D eigenvalue weighted by molar-refractivity contribution is 5.75. The molecule has 72 valence electrons. The van der Waals surface area contributed by atoms with Crippen molar-refractivity contribution in [2.75, 3.05) is 6.61 Å². The molecule has 1 rings (SSSR count). The van der Waals surface area contributed by atoms with Gasteiger partial charge in [0.1, 0.15) is 12.7 Å². The Hall–Kier alpha value is -1.01. The van der Waals surface area contributed by atoms with Crippen LogP contribution in [0.25, 0.3) is 0 Å². The molecule has 0 spiro atoms. The maximum Gasteiger partial charge on any atom is 0.243 e. The van der Waals surface area contributed by atoms with Crippen molar-refractivity contribution >= 4 is 5.91 Å². The van der Waals surface area contributed by atoms with E-state index in [4.69, 9.17) is 10.5 Å². The lowest BCUT2D eigenvalue weighted by atomic mass is 10.1. The van der Waals surface area contributed by atoms with Gasteiger partial charge in [0.15, 0.2) is 0 Å². The van der Waals surface area contributed by atoms with Crippen LogP contribution in [-0.4, -0.2) is 18.6 Å². The Morgan fingerprint density at radius 3 is 3.08 bits per heavy atom. The van der Waals surface area contributed by atoms with Crippen molar-refractivity contribution in [1.82, 2.24) is 0 Å². The fourth-order valence-corrected chi connectivity index (χ4v) is 1.29. The summed E-state index contributed by atoms with van der Waals surface area (Å²) >= 11 is 0. The van der Waals surface area contributed by atoms with Gasteiger partial charge in [0.25, 0.3) is 0 Å². The summed E-state index contributed by atoms with van der Waals surface area (Å²) in [6.07, 6.45) is 5.27. The number of nitrogens with two attached hydrogens (primary N) is 1. The smallest absolute Gasteiger partial charge is 0.243 e. The zero-order valence-corrected chi connectivity index (χ0v) is 7.71. The molecule has 0 fully saturated rings. The van der Waals surface area contributed by atoms with E-state index in [0.29, 0.717) is 0 Å². The first kappa shape index (κ1) is 10.1. The average Bonchev–Trinajstić information content (AvgIpc) is 2.01. The number of carbonyl (C=O) groups is 1. The predicted molar refractivity (Wildman–Crippen MR) is 49.8 cm³/mol. The van der Waals surface area contributed by atoms with Crippen molar-refractivity contribution in [3.8, 4) is 11.8 Å². The molecule has 1 aliphatic rings. The van der Waals surface area contributed by atoms with Gasteiger partial charge in [-0.15, -0.1) is 5.92 Å². The summed E-state index contributed by atoms with van der Waals surface area (Å²) in [5.74, 6) is 5.60. The Labute approximate surface area is 78.6 Å². The summed E-state index contributed by atoms with van der Waals surface area (Å²) < 4.78 is 5.23. The molecule has 1 aliphatic carbocycles. The zero-order chi connectivity index (χ0) is 9.52. The molecule has 3 nitrogen and oxygen atoms in total. The number of amides is 1. The molecule has 0 aliphatic heterocycles. The summed E-state index contributed by atoms with van der Waals surface area (Å²) in [6.45, 7) is -0.0145. The van der Waals surface area contributed by atoms with Crippen LogP contribution in [0.15, 0.2) is 0 Å². The van der Waals surface area contributed by atoms with Gasteiger partial charge >= 0.3 is 0 Å². The van der Waals surface area contributed by atoms with Crippen LogP contribution in [0.4, 0.5) is 0 Å². The van der Waals surface area contributed by atoms with Crippen molar-refractivity contribution in [1.29, 1.82) is 0 Å². The van der Waals surface area contributed by atoms with E-state index in [2.05, 4.69) is 11.8 Å². The molecule has 1 unspecified atom stereocenters. The second-order valence-corrected chi connectivity index (χ2v) is 3.19. The Morgan fingerprint density at radius 2 is 2.31 bits per heavy atom. The lowest BCUT2D eigenvalue weighted by Gasteiger charge is -2.12. The van der Waals surface area contributed by atoms with Crippen molar-refractivity contribution in [3.05, 3.63) is 0 Å². The predicted octanol–water partition coefficient (Wildman–Crippen LogP) is 0.824. The Morgan fingerprint density at radius 1 is 1.46 bits per heavy atom. The second kappa shape index (κ2) is 5.60. The Balaban J connectivity index is 2.32. The third kappa shape index (κ3) is 4.54. The standard InChI is InChI=1S/C10H15NO2/c11-10(12)8-13-9-6-4-2-1-3-5-7-9/h9H,1-4,6,8H2,(H2,11,12). The van der Waals surface area contributed by atoms with E-state index in [1.807, 2.05) is 0 Å². The van der Waals surface area contributed by atoms with E-state index < -0.39 is 5.91 Å². The van der Waals surface area contributed by atoms with Gasteiger partial charge in [-0.25, -0.2) is 0 Å². The Kier molecular flexibility index (Phi) is 4.34. The molecular weight excluding hydrogens is 166 g/mol. The number of hydrogen-bond donors (Lipinski definition) is 1. The highest BCUT2D eigenvalue weighted by atomic mass is 16.5. The molecule has 2 N–H and O–H groups in total. The minimum absolute atomic E-state index is 0.0145. The van der Waals surface area contributed by atoms with Crippen LogP contribution in [0.5, 0.6) is 0 Å². The summed E-state index contributed by atoms with van der Waals surface area (Å²) in [5.41, 5.74) is 4.97. The van der Waals surface area contributed by atoms with Crippen LogP contribution in [0.2, 0.25) is 0 Å². The molecule has 0 aromatic rings. The monoisotopic (exact) mass is 181 g/mol. The van der Waals surface area contributed by atoms with E-state index in [9.17, 15) is 4.79 Å². The fourth-order valence-electron chi connectivity index (χ4n) is 1.29. The van der Waals surface area contributed by atoms with E-state index in [-0.39, 0.29) is 12.7 Å². The highest BCUT2D eigenvalue weighted by Crippen LogP contribution is 2.10. The Bertz CT molecular complexity index is 227. The number of rotatable bonds is 3. The molecule has 3 heteroatoms. The molecule has 1 amide bonds. The number of carbonyl (C=O) groups excluding carboxylic acids is 1. The fraction of sp³-hybridized carbons (Fsp3) is 0.700. The third-order valence-electron chi connectivity index (χ3n) is 1.96. The number of primary amides is 1. The summed E-state index contributed by atoms with van der Waals surface area (Å²) in [5, 5.41) is 0. The molecule has 1 atom stereocenters. The highest BCUT2D eigenvalue weighted by Gasteiger charge is 2.07. The largest absolute Gasteiger partial charge is 0.368 e. The van der Waals surface area contributed by atoms with E-state index >= 15 is 0 Å². The molecule has 0 aromatic heterocycles. The summed E-state index contributed by atoms with van der Waals surface area (Å²) in [7, 11) is 0. The van der Waals surface area contributed by atoms with Crippen LogP contribution in [0.1, 0.15) is 32.1 Å². The second-order valence-electron chi connectivity index (χ2n) is 3.19. The van der Waals surface area contributed by atoms with Gasteiger partial charge in [0.2, 0.25) is 5.91 Å². The zero-order valence-electron chi connectivity index (χ0n) is 7.71. The molecule has 13 heavy (non-hydrogen) atoms. The van der Waals surface area contributed by atoms with Crippen LogP contribution in [0.3, 0.4) is 0 Å². The maximum absolute atomic E-state index is 10.4. The lowest BCUT2D eigenvalue weighted by molar-refractivity contribution is -0.123. The first-order valence-corrected chi connectivity index (χ1v) is 4.67. The molecule has 0 heterocycles. The van der Waals surface area contributed by atoms with Crippen LogP contribution in [0, 0.1) is 11.8 Å². The summed E-state index contributed by atoms with van der Waals surface area (Å²) in [4.78, 5) is 10.4. The first-order chi connectivity index (χ1) is 6.29. The quantitative estimate of drug-likeness (QED) is 0.655. The normalized spacial score (nSPS) is 22.3. The van der Waals surface area contributed by atoms with Crippen LogP contribution in [-0.2, 0) is 9.53 Å². The first-order valence-electron chi connectivity index (χ1n) is 4.67. The molecule has 0 aromatic carbocycles. The lowest BCUT2D eigenvalue weighted by Crippen LogP contribution is -2.23. The maximum atomic E-state index is 10.4. The van der Waals surface area contributed by atoms with E-state index in [1.54, 1.807) is 0 Å². The van der Waals surface area contributed by atoms with E-state index in [0.717, 1.165) is 19.3 Å². The van der Waals surface area contributed by atoms with Crippen molar-refractivity contribution < 1.29 is 9.53 Å². The number of ether oxygens (including phenoxy) is 1. The van der Waals surface area contributed by atoms with E-state index in [1.165, 1.54) is 12.8 Å². The van der Waals surface area contributed by atoms with Crippen LogP contribution < -0.4 is 5.73 Å². The average molecular weight is 181 g/mol. The van der Waals surface area contributed by atoms with Crippen molar-refractivity contribution in [3.63, 3.8) is 0 Å². The topological polar surface area (TPSA) is 52.3 Å². The van der Waals surface area contributed by atoms with Gasteiger partial charge in [-0.05, 0) is 19.3 Å². The van der Waals surface area contributed by atoms with Gasteiger partial charge in [-0.2, -0.15) is 0 Å². The molecule has 0 saturated heterocycles. The minimum atomic E-state index is -0.427. The van der Waals surface area contributed by atoms with Gasteiger partial charge in [-0.3, -0.25) is 4.79 Å². The van der Waals surface area contributed by atoms with Gasteiger partial charge in [0, 0.05) is 6.42 Å². The third-order valence-corrected chi connectivity index (χ3v) is 1.96. The van der Waals surface area contributed by atoms with Gasteiger partial charge in [0.05, 0.1) is 0 Å². The molecule has 0 saturated carbocycles. The molecule has 0 bridgehead atoms. The van der Waals surface area contributed by atoms with Crippen LogP contribution >= 0.6 is 0 Å². The molecular formula is C10H15NO2. The minimum Gasteiger partial charge on any atom is -0.368 e. The SMILES string of the molecule is NC(=O)COC1C#CCCCCC1. The number of hydrogen-bond acceptors (Lipinski definition) is 2. The van der Waals surface area contributed by atoms with Gasteiger partial charge < -0.3 is 10.5 Å².